The highest BCUT2D eigenvalue weighted by molar-refractivity contribution is 5.90. The monoisotopic (exact) mass is 265 g/mol. The molecule has 0 bridgehead atoms. The molecule has 4 nitrogen and oxygen atoms in total. The number of ether oxygens (including phenoxy) is 1. The minimum atomic E-state index is -0.0332. The predicted octanol–water partition coefficient (Wildman–Crippen LogP) is 2.97. The van der Waals surface area contributed by atoms with E-state index in [1.165, 1.54) is 0 Å². The summed E-state index contributed by atoms with van der Waals surface area (Å²) in [6, 6.07) is 7.41. The molecule has 0 aromatic heterocycles. The average molecular weight is 265 g/mol. The molecule has 0 aliphatic carbocycles. The first-order valence-corrected chi connectivity index (χ1v) is 6.83. The smallest absolute Gasteiger partial charge is 0.224 e. The molecule has 0 radical (unpaired) electrons. The minimum Gasteiger partial charge on any atom is -0.491 e. The molecule has 1 rings (SSSR count). The molecule has 1 amide bonds. The topological polar surface area (TPSA) is 58.6 Å². The Hall–Kier alpha value is -1.55. The highest BCUT2D eigenvalue weighted by Gasteiger charge is 2.05. The van der Waals surface area contributed by atoms with Crippen molar-refractivity contribution in [2.75, 3.05) is 11.9 Å². The van der Waals surface area contributed by atoms with E-state index in [0.717, 1.165) is 17.9 Å². The normalized spacial score (nSPS) is 11.9. The van der Waals surface area contributed by atoms with E-state index < -0.39 is 0 Å². The quantitative estimate of drug-likeness (QED) is 0.710. The Morgan fingerprint density at radius 3 is 2.89 bits per heavy atom. The molecule has 106 valence electrons. The van der Waals surface area contributed by atoms with Gasteiger partial charge in [0, 0.05) is 24.8 Å². The molecule has 1 atom stereocenters. The lowest BCUT2D eigenvalue weighted by molar-refractivity contribution is -0.116. The third-order valence-electron chi connectivity index (χ3n) is 2.84. The van der Waals surface area contributed by atoms with Crippen molar-refractivity contribution in [3.63, 3.8) is 0 Å². The van der Waals surface area contributed by atoms with Crippen LogP contribution >= 0.6 is 0 Å². The second-order valence-corrected chi connectivity index (χ2v) is 4.59. The Kier molecular flexibility index (Phi) is 6.97. The van der Waals surface area contributed by atoms with E-state index >= 15 is 0 Å². The summed E-state index contributed by atoms with van der Waals surface area (Å²) >= 11 is 0. The maximum atomic E-state index is 11.6. The van der Waals surface area contributed by atoms with E-state index in [1.54, 1.807) is 0 Å². The SMILES string of the molecule is CCC(C)Oc1cccc(NC(=O)CCCCO)c1. The molecule has 0 heterocycles. The fourth-order valence-electron chi connectivity index (χ4n) is 1.58. The van der Waals surface area contributed by atoms with Gasteiger partial charge in [0.05, 0.1) is 6.10 Å². The summed E-state index contributed by atoms with van der Waals surface area (Å²) in [4.78, 5) is 11.6. The standard InChI is InChI=1S/C15H23NO3/c1-3-12(2)19-14-8-6-7-13(11-14)16-15(18)9-4-5-10-17/h6-8,11-12,17H,3-5,9-10H2,1-2H3,(H,16,18). The highest BCUT2D eigenvalue weighted by Crippen LogP contribution is 2.19. The van der Waals surface area contributed by atoms with Crippen LogP contribution in [0.3, 0.4) is 0 Å². The first kappa shape index (κ1) is 15.5. The summed E-state index contributed by atoms with van der Waals surface area (Å²) in [5.74, 6) is 0.733. The molecule has 1 aromatic carbocycles. The van der Waals surface area contributed by atoms with Gasteiger partial charge in [-0.2, -0.15) is 0 Å². The van der Waals surface area contributed by atoms with Gasteiger partial charge in [0.15, 0.2) is 0 Å². The van der Waals surface area contributed by atoms with Crippen molar-refractivity contribution >= 4 is 11.6 Å². The third kappa shape index (κ3) is 6.25. The molecule has 0 aliphatic rings. The van der Waals surface area contributed by atoms with Crippen LogP contribution in [0.1, 0.15) is 39.5 Å². The molecule has 2 N–H and O–H groups in total. The summed E-state index contributed by atoms with van der Waals surface area (Å²) in [5.41, 5.74) is 0.745. The molecular formula is C15H23NO3. The van der Waals surface area contributed by atoms with Crippen LogP contribution in [0.2, 0.25) is 0 Å². The molecule has 1 unspecified atom stereocenters. The summed E-state index contributed by atoms with van der Waals surface area (Å²) in [6.45, 7) is 4.21. The predicted molar refractivity (Wildman–Crippen MR) is 76.4 cm³/mol. The van der Waals surface area contributed by atoms with Crippen molar-refractivity contribution in [1.82, 2.24) is 0 Å². The second kappa shape index (κ2) is 8.53. The number of carbonyl (C=O) groups excluding carboxylic acids is 1. The van der Waals surface area contributed by atoms with Gasteiger partial charge in [0.2, 0.25) is 5.91 Å². The summed E-state index contributed by atoms with van der Waals surface area (Å²) in [7, 11) is 0. The Bertz CT molecular complexity index is 393. The van der Waals surface area contributed by atoms with Crippen LogP contribution in [0.4, 0.5) is 5.69 Å². The molecule has 0 spiro atoms. The number of rotatable bonds is 8. The van der Waals surface area contributed by atoms with Crippen LogP contribution in [0, 0.1) is 0 Å². The van der Waals surface area contributed by atoms with Crippen molar-refractivity contribution < 1.29 is 14.6 Å². The largest absolute Gasteiger partial charge is 0.491 e. The van der Waals surface area contributed by atoms with Crippen molar-refractivity contribution in [2.45, 2.75) is 45.6 Å². The van der Waals surface area contributed by atoms with Gasteiger partial charge in [-0.25, -0.2) is 0 Å². The van der Waals surface area contributed by atoms with E-state index in [2.05, 4.69) is 12.2 Å². The number of unbranched alkanes of at least 4 members (excludes halogenated alkanes) is 1. The van der Waals surface area contributed by atoms with Gasteiger partial charge in [-0.15, -0.1) is 0 Å². The van der Waals surface area contributed by atoms with E-state index in [4.69, 9.17) is 9.84 Å². The zero-order valence-corrected chi connectivity index (χ0v) is 11.7. The van der Waals surface area contributed by atoms with Crippen LogP contribution in [0.25, 0.3) is 0 Å². The van der Waals surface area contributed by atoms with E-state index in [9.17, 15) is 4.79 Å². The number of aliphatic hydroxyl groups excluding tert-OH is 1. The molecular weight excluding hydrogens is 242 g/mol. The average Bonchev–Trinajstić information content (AvgIpc) is 2.39. The van der Waals surface area contributed by atoms with Gasteiger partial charge in [-0.1, -0.05) is 13.0 Å². The van der Waals surface area contributed by atoms with E-state index in [1.807, 2.05) is 31.2 Å². The number of aliphatic hydroxyl groups is 1. The first-order chi connectivity index (χ1) is 9.15. The molecule has 19 heavy (non-hydrogen) atoms. The lowest BCUT2D eigenvalue weighted by atomic mass is 10.2. The molecule has 0 saturated carbocycles. The van der Waals surface area contributed by atoms with Gasteiger partial charge in [0.1, 0.15) is 5.75 Å². The third-order valence-corrected chi connectivity index (χ3v) is 2.84. The van der Waals surface area contributed by atoms with Crippen molar-refractivity contribution in [3.05, 3.63) is 24.3 Å². The van der Waals surface area contributed by atoms with Gasteiger partial charge in [-0.3, -0.25) is 4.79 Å². The Morgan fingerprint density at radius 2 is 2.21 bits per heavy atom. The Balaban J connectivity index is 2.49. The zero-order valence-electron chi connectivity index (χ0n) is 11.7. The van der Waals surface area contributed by atoms with Gasteiger partial charge >= 0.3 is 0 Å². The molecule has 4 heteroatoms. The molecule has 0 aliphatic heterocycles. The van der Waals surface area contributed by atoms with Crippen molar-refractivity contribution in [1.29, 1.82) is 0 Å². The van der Waals surface area contributed by atoms with Gasteiger partial charge in [-0.05, 0) is 38.3 Å². The minimum absolute atomic E-state index is 0.0332. The lowest BCUT2D eigenvalue weighted by Crippen LogP contribution is -2.12. The lowest BCUT2D eigenvalue weighted by Gasteiger charge is -2.13. The van der Waals surface area contributed by atoms with Crippen molar-refractivity contribution in [2.24, 2.45) is 0 Å². The molecule has 0 saturated heterocycles. The number of carbonyl (C=O) groups is 1. The summed E-state index contributed by atoms with van der Waals surface area (Å²) in [6.07, 6.45) is 2.89. The number of hydrogen-bond acceptors (Lipinski definition) is 3. The number of amides is 1. The first-order valence-electron chi connectivity index (χ1n) is 6.83. The maximum absolute atomic E-state index is 11.6. The van der Waals surface area contributed by atoms with Crippen LogP contribution < -0.4 is 10.1 Å². The zero-order chi connectivity index (χ0) is 14.1. The Morgan fingerprint density at radius 1 is 1.42 bits per heavy atom. The molecule has 0 fully saturated rings. The number of anilines is 1. The summed E-state index contributed by atoms with van der Waals surface area (Å²) < 4.78 is 5.70. The number of benzene rings is 1. The van der Waals surface area contributed by atoms with Crippen molar-refractivity contribution in [3.8, 4) is 5.75 Å². The maximum Gasteiger partial charge on any atom is 0.224 e. The Labute approximate surface area is 114 Å². The van der Waals surface area contributed by atoms with Gasteiger partial charge < -0.3 is 15.2 Å². The van der Waals surface area contributed by atoms with E-state index in [0.29, 0.717) is 19.3 Å². The molecule has 1 aromatic rings. The highest BCUT2D eigenvalue weighted by atomic mass is 16.5. The number of nitrogens with one attached hydrogen (secondary N) is 1. The van der Waals surface area contributed by atoms with Crippen LogP contribution in [0.5, 0.6) is 5.75 Å². The van der Waals surface area contributed by atoms with E-state index in [-0.39, 0.29) is 18.6 Å². The van der Waals surface area contributed by atoms with Crippen LogP contribution in [0.15, 0.2) is 24.3 Å². The van der Waals surface area contributed by atoms with Crippen LogP contribution in [-0.4, -0.2) is 23.7 Å². The fraction of sp³-hybridized carbons (Fsp3) is 0.533. The number of hydrogen-bond donors (Lipinski definition) is 2. The fourth-order valence-corrected chi connectivity index (χ4v) is 1.58. The van der Waals surface area contributed by atoms with Crippen LogP contribution in [-0.2, 0) is 4.79 Å². The summed E-state index contributed by atoms with van der Waals surface area (Å²) in [5, 5.41) is 11.5. The van der Waals surface area contributed by atoms with Gasteiger partial charge in [0.25, 0.3) is 0 Å². The second-order valence-electron chi connectivity index (χ2n) is 4.59.